The monoisotopic (exact) mass is 261 g/mol. The highest BCUT2D eigenvalue weighted by atomic mass is 16.4. The second kappa shape index (κ2) is 5.59. The van der Waals surface area contributed by atoms with Crippen molar-refractivity contribution >= 4 is 17.1 Å². The van der Waals surface area contributed by atoms with Crippen molar-refractivity contribution in [1.29, 1.82) is 0 Å². The molecule has 1 N–H and O–H groups in total. The summed E-state index contributed by atoms with van der Waals surface area (Å²) in [6.07, 6.45) is 1.07. The molecule has 1 saturated heterocycles. The van der Waals surface area contributed by atoms with E-state index in [0.717, 1.165) is 50.2 Å². The van der Waals surface area contributed by atoms with Gasteiger partial charge in [0.05, 0.1) is 6.61 Å². The number of aliphatic hydroxyl groups is 1. The van der Waals surface area contributed by atoms with E-state index in [4.69, 9.17) is 9.52 Å². The van der Waals surface area contributed by atoms with E-state index in [1.165, 1.54) is 0 Å². The lowest BCUT2D eigenvalue weighted by Crippen LogP contribution is -2.32. The van der Waals surface area contributed by atoms with Crippen LogP contribution in [0.25, 0.3) is 11.1 Å². The summed E-state index contributed by atoms with van der Waals surface area (Å²) in [5.74, 6) is 0. The first-order valence-electron chi connectivity index (χ1n) is 6.80. The SMILES string of the molecule is OCCN1CCCN(c2nc3ccccc3o2)CC1. The zero-order valence-corrected chi connectivity index (χ0v) is 11.0. The summed E-state index contributed by atoms with van der Waals surface area (Å²) in [6, 6.07) is 8.56. The summed E-state index contributed by atoms with van der Waals surface area (Å²) < 4.78 is 5.81. The Hall–Kier alpha value is -1.59. The Balaban J connectivity index is 1.74. The van der Waals surface area contributed by atoms with Crippen LogP contribution in [0.4, 0.5) is 6.01 Å². The molecule has 5 heteroatoms. The number of fused-ring (bicyclic) bond motifs is 1. The number of para-hydroxylation sites is 2. The first kappa shape index (κ1) is 12.4. The van der Waals surface area contributed by atoms with Gasteiger partial charge in [-0.05, 0) is 25.1 Å². The van der Waals surface area contributed by atoms with Gasteiger partial charge in [-0.15, -0.1) is 0 Å². The second-order valence-electron chi connectivity index (χ2n) is 4.87. The van der Waals surface area contributed by atoms with Gasteiger partial charge < -0.3 is 14.4 Å². The van der Waals surface area contributed by atoms with Crippen molar-refractivity contribution in [2.75, 3.05) is 44.2 Å². The van der Waals surface area contributed by atoms with Crippen LogP contribution in [0.3, 0.4) is 0 Å². The second-order valence-corrected chi connectivity index (χ2v) is 4.87. The summed E-state index contributed by atoms with van der Waals surface area (Å²) in [4.78, 5) is 9.01. The molecule has 1 fully saturated rings. The zero-order chi connectivity index (χ0) is 13.1. The maximum absolute atomic E-state index is 9.00. The number of rotatable bonds is 3. The largest absolute Gasteiger partial charge is 0.423 e. The first-order chi connectivity index (χ1) is 9.36. The molecule has 2 heterocycles. The average molecular weight is 261 g/mol. The molecule has 19 heavy (non-hydrogen) atoms. The fraction of sp³-hybridized carbons (Fsp3) is 0.500. The number of β-amino-alcohol motifs (C(OH)–C–C–N with tert-alkyl or cyclic N) is 1. The maximum atomic E-state index is 9.00. The van der Waals surface area contributed by atoms with Crippen LogP contribution in [0.15, 0.2) is 28.7 Å². The minimum absolute atomic E-state index is 0.225. The van der Waals surface area contributed by atoms with Gasteiger partial charge in [0.25, 0.3) is 6.01 Å². The fourth-order valence-electron chi connectivity index (χ4n) is 2.52. The molecule has 0 unspecified atom stereocenters. The molecule has 1 aromatic heterocycles. The molecule has 0 atom stereocenters. The van der Waals surface area contributed by atoms with Crippen LogP contribution in [0, 0.1) is 0 Å². The molecule has 0 amide bonds. The minimum Gasteiger partial charge on any atom is -0.423 e. The van der Waals surface area contributed by atoms with Gasteiger partial charge in [0, 0.05) is 26.2 Å². The van der Waals surface area contributed by atoms with Gasteiger partial charge in [0.2, 0.25) is 0 Å². The number of hydrogen-bond donors (Lipinski definition) is 1. The van der Waals surface area contributed by atoms with Crippen LogP contribution in [0.1, 0.15) is 6.42 Å². The Morgan fingerprint density at radius 1 is 1.16 bits per heavy atom. The highest BCUT2D eigenvalue weighted by Crippen LogP contribution is 2.22. The third-order valence-electron chi connectivity index (χ3n) is 3.56. The van der Waals surface area contributed by atoms with E-state index in [1.807, 2.05) is 24.3 Å². The summed E-state index contributed by atoms with van der Waals surface area (Å²) in [6.45, 7) is 4.79. The van der Waals surface area contributed by atoms with Gasteiger partial charge in [-0.1, -0.05) is 12.1 Å². The molecule has 5 nitrogen and oxygen atoms in total. The van der Waals surface area contributed by atoms with Crippen molar-refractivity contribution in [2.24, 2.45) is 0 Å². The smallest absolute Gasteiger partial charge is 0.298 e. The Morgan fingerprint density at radius 2 is 2.05 bits per heavy atom. The molecule has 2 aromatic rings. The third kappa shape index (κ3) is 2.72. The normalized spacial score (nSPS) is 17.8. The molecule has 1 aliphatic heterocycles. The van der Waals surface area contributed by atoms with Crippen molar-refractivity contribution in [3.8, 4) is 0 Å². The number of benzene rings is 1. The maximum Gasteiger partial charge on any atom is 0.298 e. The van der Waals surface area contributed by atoms with Crippen molar-refractivity contribution in [3.05, 3.63) is 24.3 Å². The fourth-order valence-corrected chi connectivity index (χ4v) is 2.52. The lowest BCUT2D eigenvalue weighted by Gasteiger charge is -2.19. The number of aliphatic hydroxyl groups excluding tert-OH is 1. The van der Waals surface area contributed by atoms with E-state index >= 15 is 0 Å². The number of anilines is 1. The van der Waals surface area contributed by atoms with Crippen molar-refractivity contribution in [2.45, 2.75) is 6.42 Å². The lowest BCUT2D eigenvalue weighted by atomic mass is 10.3. The zero-order valence-electron chi connectivity index (χ0n) is 11.0. The van der Waals surface area contributed by atoms with Crippen molar-refractivity contribution in [1.82, 2.24) is 9.88 Å². The highest BCUT2D eigenvalue weighted by Gasteiger charge is 2.18. The van der Waals surface area contributed by atoms with Crippen LogP contribution in [0.5, 0.6) is 0 Å². The van der Waals surface area contributed by atoms with E-state index in [1.54, 1.807) is 0 Å². The van der Waals surface area contributed by atoms with Crippen molar-refractivity contribution in [3.63, 3.8) is 0 Å². The molecule has 1 aromatic carbocycles. The predicted molar refractivity (Wildman–Crippen MR) is 74.4 cm³/mol. The summed E-state index contributed by atoms with van der Waals surface area (Å²) in [5.41, 5.74) is 1.75. The van der Waals surface area contributed by atoms with Gasteiger partial charge in [-0.2, -0.15) is 4.98 Å². The Labute approximate surface area is 112 Å². The van der Waals surface area contributed by atoms with E-state index < -0.39 is 0 Å². The van der Waals surface area contributed by atoms with Gasteiger partial charge in [-0.25, -0.2) is 0 Å². The average Bonchev–Trinajstić information content (AvgIpc) is 2.72. The predicted octanol–water partition coefficient (Wildman–Crippen LogP) is 1.33. The van der Waals surface area contributed by atoms with Crippen LogP contribution in [-0.2, 0) is 0 Å². The number of hydrogen-bond acceptors (Lipinski definition) is 5. The van der Waals surface area contributed by atoms with Gasteiger partial charge in [-0.3, -0.25) is 4.90 Å². The van der Waals surface area contributed by atoms with E-state index in [9.17, 15) is 0 Å². The summed E-state index contributed by atoms with van der Waals surface area (Å²) >= 11 is 0. The van der Waals surface area contributed by atoms with Crippen LogP contribution in [0.2, 0.25) is 0 Å². The highest BCUT2D eigenvalue weighted by molar-refractivity contribution is 5.74. The van der Waals surface area contributed by atoms with Crippen LogP contribution >= 0.6 is 0 Å². The Kier molecular flexibility index (Phi) is 3.66. The first-order valence-corrected chi connectivity index (χ1v) is 6.80. The summed E-state index contributed by atoms with van der Waals surface area (Å²) in [5, 5.41) is 9.00. The quantitative estimate of drug-likeness (QED) is 0.903. The topological polar surface area (TPSA) is 52.7 Å². The molecule has 0 saturated carbocycles. The van der Waals surface area contributed by atoms with E-state index in [-0.39, 0.29) is 6.61 Å². The molecular formula is C14H19N3O2. The van der Waals surface area contributed by atoms with E-state index in [2.05, 4.69) is 14.8 Å². The number of nitrogens with zero attached hydrogens (tertiary/aromatic N) is 3. The lowest BCUT2D eigenvalue weighted by molar-refractivity contribution is 0.204. The van der Waals surface area contributed by atoms with Crippen LogP contribution < -0.4 is 4.90 Å². The molecule has 0 bridgehead atoms. The van der Waals surface area contributed by atoms with Gasteiger partial charge in [0.15, 0.2) is 5.58 Å². The van der Waals surface area contributed by atoms with Gasteiger partial charge in [0.1, 0.15) is 5.52 Å². The molecular weight excluding hydrogens is 242 g/mol. The number of aromatic nitrogens is 1. The molecule has 1 aliphatic rings. The molecule has 0 spiro atoms. The Morgan fingerprint density at radius 3 is 2.89 bits per heavy atom. The van der Waals surface area contributed by atoms with Crippen LogP contribution in [-0.4, -0.2) is 54.3 Å². The molecule has 0 radical (unpaired) electrons. The molecule has 102 valence electrons. The van der Waals surface area contributed by atoms with Gasteiger partial charge >= 0.3 is 0 Å². The Bertz CT molecular complexity index is 507. The third-order valence-corrected chi connectivity index (χ3v) is 3.56. The molecule has 0 aliphatic carbocycles. The van der Waals surface area contributed by atoms with Crippen molar-refractivity contribution < 1.29 is 9.52 Å². The number of oxazole rings is 1. The van der Waals surface area contributed by atoms with E-state index in [0.29, 0.717) is 6.01 Å². The standard InChI is InChI=1S/C14H19N3O2/c18-11-10-16-6-3-7-17(9-8-16)14-15-12-4-1-2-5-13(12)19-14/h1-2,4-5,18H,3,6-11H2. The summed E-state index contributed by atoms with van der Waals surface area (Å²) in [7, 11) is 0. The molecule has 3 rings (SSSR count). The minimum atomic E-state index is 0.225.